The Labute approximate surface area is 425 Å². The number of hydrogen-bond donors (Lipinski definition) is 6. The quantitative estimate of drug-likeness (QED) is 0.0446. The molecule has 21 heteroatoms. The molecule has 0 radical (unpaired) electrons. The van der Waals surface area contributed by atoms with Crippen LogP contribution in [0.4, 0.5) is 33.1 Å². The van der Waals surface area contributed by atoms with Gasteiger partial charge in [0.05, 0.1) is 46.1 Å². The van der Waals surface area contributed by atoms with Crippen molar-refractivity contribution in [3.05, 3.63) is 120 Å². The van der Waals surface area contributed by atoms with Gasteiger partial charge in [-0.3, -0.25) is 43.7 Å². The van der Waals surface area contributed by atoms with Gasteiger partial charge in [0.1, 0.15) is 34.8 Å². The number of fused-ring (bicyclic) bond motifs is 2. The number of carbonyl (C=O) groups excluding carboxylic acids is 5. The molecule has 4 aliphatic heterocycles. The van der Waals surface area contributed by atoms with Gasteiger partial charge in [-0.25, -0.2) is 24.3 Å². The summed E-state index contributed by atoms with van der Waals surface area (Å²) in [6, 6.07) is 20.2. The van der Waals surface area contributed by atoms with Crippen LogP contribution in [-0.2, 0) is 14.4 Å². The largest absolute Gasteiger partial charge is 0.404 e. The number of anilines is 5. The molecule has 5 amide bonds. The zero-order chi connectivity index (χ0) is 51.5. The number of pyridine rings is 3. The van der Waals surface area contributed by atoms with Gasteiger partial charge in [-0.1, -0.05) is 6.07 Å². The van der Waals surface area contributed by atoms with E-state index in [4.69, 9.17) is 26.4 Å². The Bertz CT molecular complexity index is 3220. The Kier molecular flexibility index (Phi) is 14.0. The number of piperidine rings is 3. The molecular weight excluding hydrogens is 946 g/mol. The summed E-state index contributed by atoms with van der Waals surface area (Å²) < 4.78 is 17.3. The van der Waals surface area contributed by atoms with Gasteiger partial charge in [0.2, 0.25) is 17.7 Å². The number of halogens is 1. The summed E-state index contributed by atoms with van der Waals surface area (Å²) in [4.78, 5) is 92.7. The third-order valence-corrected chi connectivity index (χ3v) is 14.0. The maximum atomic E-state index is 15.5. The fourth-order valence-corrected chi connectivity index (χ4v) is 10.1. The number of imidazole rings is 1. The molecule has 0 saturated carbocycles. The molecule has 0 spiro atoms. The van der Waals surface area contributed by atoms with Crippen molar-refractivity contribution in [3.8, 4) is 16.9 Å². The van der Waals surface area contributed by atoms with E-state index in [9.17, 15) is 24.0 Å². The van der Waals surface area contributed by atoms with Gasteiger partial charge in [-0.05, 0) is 99.7 Å². The lowest BCUT2D eigenvalue weighted by Crippen LogP contribution is -2.54. The number of nitrogens with two attached hydrogens (primary N) is 2. The number of imide groups is 2. The van der Waals surface area contributed by atoms with Gasteiger partial charge in [0.15, 0.2) is 5.65 Å². The van der Waals surface area contributed by atoms with E-state index in [2.05, 4.69) is 36.1 Å². The van der Waals surface area contributed by atoms with Crippen molar-refractivity contribution >= 4 is 75.6 Å². The lowest BCUT2D eigenvalue weighted by molar-refractivity contribution is -0.137. The maximum absolute atomic E-state index is 15.5. The summed E-state index contributed by atoms with van der Waals surface area (Å²) in [5.41, 5.74) is 18.0. The van der Waals surface area contributed by atoms with Crippen LogP contribution >= 0.6 is 0 Å². The number of aromatic nitrogens is 5. The number of likely N-dealkylation sites (tertiary alicyclic amines) is 1. The van der Waals surface area contributed by atoms with Crippen LogP contribution in [0.2, 0.25) is 0 Å². The van der Waals surface area contributed by atoms with E-state index < -0.39 is 35.5 Å². The first kappa shape index (κ1) is 48.9. The molecule has 3 fully saturated rings. The number of rotatable bonds is 15. The molecule has 380 valence electrons. The zero-order valence-electron chi connectivity index (χ0n) is 40.8. The highest BCUT2D eigenvalue weighted by molar-refractivity contribution is 6.25. The van der Waals surface area contributed by atoms with Crippen LogP contribution in [0.15, 0.2) is 102 Å². The summed E-state index contributed by atoms with van der Waals surface area (Å²) in [5.74, 6) is -0.627. The van der Waals surface area contributed by atoms with Crippen LogP contribution in [0.1, 0.15) is 65.1 Å². The number of benzene rings is 2. The van der Waals surface area contributed by atoms with Crippen molar-refractivity contribution < 1.29 is 28.4 Å². The van der Waals surface area contributed by atoms with E-state index in [1.165, 1.54) is 12.3 Å². The Morgan fingerprint density at radius 1 is 0.865 bits per heavy atom. The Hall–Kier alpha value is -8.75. The smallest absolute Gasteiger partial charge is 0.264 e. The first-order valence-electron chi connectivity index (χ1n) is 24.8. The average Bonchev–Trinajstić information content (AvgIpc) is 3.89. The molecule has 20 nitrogen and oxygen atoms in total. The van der Waals surface area contributed by atoms with Crippen molar-refractivity contribution in [2.45, 2.75) is 57.5 Å². The third kappa shape index (κ3) is 10.2. The fourth-order valence-electron chi connectivity index (χ4n) is 10.1. The predicted octanol–water partition coefficient (Wildman–Crippen LogP) is 5.07. The molecule has 10 rings (SSSR count). The highest BCUT2D eigenvalue weighted by Gasteiger charge is 2.45. The van der Waals surface area contributed by atoms with E-state index >= 15 is 4.39 Å². The van der Waals surface area contributed by atoms with Gasteiger partial charge in [0, 0.05) is 99.7 Å². The standard InChI is InChI=1S/C53H56FN15O5/c1-31-63-43-9-8-40(34-13-18-59-45(56)25-34)64-49(43)68(31)37-6-7-41(39(54)26-37)58-20-19-57-36-5-11-46(62-30-36)66-21-14-33(15-22-66)51(72)67-23-16-35(17-24-67)60-28-32(27-55)29-61-42-4-2-3-38-48(42)53(74)69(52(38)73)44-10-12-47(70)65-50(44)71/h2-9,11,13,18,25-28,30,33,35,44,57-58,61H,10,12,14-17,19-24,29,55H2,1H3,(H2,56,59)(H,65,70,71). The molecule has 4 aromatic heterocycles. The zero-order valence-corrected chi connectivity index (χ0v) is 40.8. The van der Waals surface area contributed by atoms with Crippen LogP contribution < -0.4 is 37.6 Å². The topological polar surface area (TPSA) is 264 Å². The van der Waals surface area contributed by atoms with Crippen molar-refractivity contribution in [2.75, 3.05) is 72.4 Å². The highest BCUT2D eigenvalue weighted by Crippen LogP contribution is 2.33. The third-order valence-electron chi connectivity index (χ3n) is 14.0. The second-order valence-corrected chi connectivity index (χ2v) is 18.8. The molecule has 1 unspecified atom stereocenters. The number of nitrogens with zero attached hydrogens (tertiary/aromatic N) is 9. The molecule has 74 heavy (non-hydrogen) atoms. The number of aliphatic imine (C=N–C) groups is 1. The molecule has 8 N–H and O–H groups in total. The summed E-state index contributed by atoms with van der Waals surface area (Å²) >= 11 is 0. The molecular formula is C53H56FN15O5. The average molecular weight is 1000 g/mol. The molecule has 6 aromatic rings. The summed E-state index contributed by atoms with van der Waals surface area (Å²) in [6.45, 7) is 5.74. The van der Waals surface area contributed by atoms with Crippen molar-refractivity contribution in [2.24, 2.45) is 16.6 Å². The molecule has 1 atom stereocenters. The molecule has 0 bridgehead atoms. The van der Waals surface area contributed by atoms with Gasteiger partial charge >= 0.3 is 0 Å². The van der Waals surface area contributed by atoms with Crippen LogP contribution in [0, 0.1) is 18.7 Å². The number of amides is 5. The van der Waals surface area contributed by atoms with Crippen molar-refractivity contribution in [3.63, 3.8) is 0 Å². The Balaban J connectivity index is 0.643. The van der Waals surface area contributed by atoms with E-state index in [1.54, 1.807) is 48.9 Å². The van der Waals surface area contributed by atoms with Gasteiger partial charge in [-0.15, -0.1) is 0 Å². The maximum Gasteiger partial charge on any atom is 0.264 e. The monoisotopic (exact) mass is 1000 g/mol. The first-order chi connectivity index (χ1) is 35.9. The van der Waals surface area contributed by atoms with Gasteiger partial charge in [-0.2, -0.15) is 0 Å². The number of hydrogen-bond acceptors (Lipinski definition) is 16. The number of carbonyl (C=O) groups is 5. The van der Waals surface area contributed by atoms with E-state index in [1.807, 2.05) is 52.8 Å². The minimum Gasteiger partial charge on any atom is -0.404 e. The van der Waals surface area contributed by atoms with E-state index in [0.717, 1.165) is 47.9 Å². The molecule has 8 heterocycles. The van der Waals surface area contributed by atoms with Crippen LogP contribution in [-0.4, -0.2) is 128 Å². The van der Waals surface area contributed by atoms with E-state index in [-0.39, 0.29) is 48.4 Å². The molecule has 0 aliphatic carbocycles. The first-order valence-corrected chi connectivity index (χ1v) is 24.8. The Morgan fingerprint density at radius 2 is 1.68 bits per heavy atom. The fraction of sp³-hybridized carbons (Fsp3) is 0.321. The van der Waals surface area contributed by atoms with Crippen LogP contribution in [0.25, 0.3) is 28.1 Å². The SMILES string of the molecule is Cc1nc2ccc(-c3ccnc(N)c3)nc2n1-c1ccc(NCCNc2ccc(N3CCC(C(=O)N4CCC(N=CC(=CN)CNc5cccc6c5C(=O)N(C5CCC(=O)NC5=O)C6=O)CC4)CC3)nc2)c(F)c1. The second-order valence-electron chi connectivity index (χ2n) is 18.8. The van der Waals surface area contributed by atoms with Crippen molar-refractivity contribution in [1.82, 2.24) is 39.6 Å². The lowest BCUT2D eigenvalue weighted by Gasteiger charge is -2.37. The molecule has 3 saturated heterocycles. The van der Waals surface area contributed by atoms with E-state index in [0.29, 0.717) is 90.2 Å². The van der Waals surface area contributed by atoms with Crippen LogP contribution in [0.5, 0.6) is 0 Å². The minimum absolute atomic E-state index is 0.00681. The summed E-state index contributed by atoms with van der Waals surface area (Å²) in [5, 5.41) is 12.0. The highest BCUT2D eigenvalue weighted by atomic mass is 19.1. The number of aryl methyl sites for hydroxylation is 1. The van der Waals surface area contributed by atoms with Gasteiger partial charge in [0.25, 0.3) is 11.8 Å². The van der Waals surface area contributed by atoms with Crippen molar-refractivity contribution in [1.29, 1.82) is 0 Å². The molecule has 4 aliphatic rings. The number of nitrogen functional groups attached to an aromatic ring is 1. The van der Waals surface area contributed by atoms with Crippen LogP contribution in [0.3, 0.4) is 0 Å². The molecule has 2 aromatic carbocycles. The summed E-state index contributed by atoms with van der Waals surface area (Å²) in [7, 11) is 0. The lowest BCUT2D eigenvalue weighted by atomic mass is 9.94. The number of nitrogens with one attached hydrogen (secondary N) is 4. The second kappa shape index (κ2) is 21.1. The predicted molar refractivity (Wildman–Crippen MR) is 279 cm³/mol. The Morgan fingerprint density at radius 3 is 2.42 bits per heavy atom. The van der Waals surface area contributed by atoms with Gasteiger partial charge < -0.3 is 37.2 Å². The minimum atomic E-state index is -1.06. The summed E-state index contributed by atoms with van der Waals surface area (Å²) in [6.07, 6.45) is 9.57. The normalized spacial score (nSPS) is 17.8.